The van der Waals surface area contributed by atoms with E-state index in [0.717, 1.165) is 37.4 Å². The van der Waals surface area contributed by atoms with Gasteiger partial charge < -0.3 is 4.90 Å². The number of nitrogens with zero attached hydrogens (tertiary/aromatic N) is 4. The molecule has 0 bridgehead atoms. The smallest absolute Gasteiger partial charge is 0.151 e. The van der Waals surface area contributed by atoms with E-state index in [1.165, 1.54) is 22.4 Å². The third kappa shape index (κ3) is 3.27. The van der Waals surface area contributed by atoms with Crippen LogP contribution in [0, 0.1) is 13.8 Å². The van der Waals surface area contributed by atoms with Crippen molar-refractivity contribution in [2.24, 2.45) is 0 Å². The maximum atomic E-state index is 4.36. The zero-order valence-corrected chi connectivity index (χ0v) is 14.7. The molecular formula is C20H23N5. The Balaban J connectivity index is 1.59. The van der Waals surface area contributed by atoms with E-state index in [1.54, 1.807) is 0 Å². The number of hydrogen-bond donors (Lipinski definition) is 1. The lowest BCUT2D eigenvalue weighted by Crippen LogP contribution is -2.35. The van der Waals surface area contributed by atoms with Crippen molar-refractivity contribution in [3.05, 3.63) is 59.5 Å². The first-order valence-electron chi connectivity index (χ1n) is 8.86. The average Bonchev–Trinajstić information content (AvgIpc) is 3.13. The predicted molar refractivity (Wildman–Crippen MR) is 99.7 cm³/mol. The molecule has 5 heteroatoms. The van der Waals surface area contributed by atoms with E-state index in [1.807, 2.05) is 19.2 Å². The van der Waals surface area contributed by atoms with Gasteiger partial charge in [-0.25, -0.2) is 0 Å². The zero-order chi connectivity index (χ0) is 17.2. The molecule has 3 aromatic rings. The third-order valence-electron chi connectivity index (χ3n) is 4.97. The Labute approximate surface area is 148 Å². The van der Waals surface area contributed by atoms with Crippen molar-refractivity contribution in [1.29, 1.82) is 0 Å². The lowest BCUT2D eigenvalue weighted by atomic mass is 9.90. The summed E-state index contributed by atoms with van der Waals surface area (Å²) in [5, 5.41) is 16.2. The standard InChI is InChI=1S/C20H23N5/c1-14-5-8-16(9-6-14)18-12-21-24-20(18)17-4-3-11-25(13-17)19-10-7-15(2)22-23-19/h5-10,12,17H,3-4,11,13H2,1-2H3,(H,21,24)/t17-/m1/s1. The van der Waals surface area contributed by atoms with Crippen LogP contribution in [-0.4, -0.2) is 33.5 Å². The number of anilines is 1. The second kappa shape index (κ2) is 6.67. The molecule has 1 aliphatic rings. The summed E-state index contributed by atoms with van der Waals surface area (Å²) in [6.45, 7) is 6.05. The van der Waals surface area contributed by atoms with Gasteiger partial charge in [-0.2, -0.15) is 10.2 Å². The highest BCUT2D eigenvalue weighted by atomic mass is 15.3. The van der Waals surface area contributed by atoms with Gasteiger partial charge in [0.1, 0.15) is 0 Å². The SMILES string of the molecule is Cc1ccc(-c2cn[nH]c2[C@@H]2CCCN(c3ccc(C)nn3)C2)cc1. The number of aromatic amines is 1. The molecule has 0 amide bonds. The van der Waals surface area contributed by atoms with Gasteiger partial charge in [-0.05, 0) is 44.4 Å². The lowest BCUT2D eigenvalue weighted by molar-refractivity contribution is 0.497. The number of aryl methyl sites for hydroxylation is 2. The molecule has 0 aliphatic carbocycles. The molecule has 1 aromatic carbocycles. The van der Waals surface area contributed by atoms with Crippen LogP contribution in [0.1, 0.15) is 35.7 Å². The van der Waals surface area contributed by atoms with Crippen LogP contribution in [-0.2, 0) is 0 Å². The van der Waals surface area contributed by atoms with Crippen molar-refractivity contribution in [3.8, 4) is 11.1 Å². The maximum Gasteiger partial charge on any atom is 0.151 e. The van der Waals surface area contributed by atoms with Gasteiger partial charge in [-0.3, -0.25) is 5.10 Å². The topological polar surface area (TPSA) is 57.7 Å². The Hall–Kier alpha value is -2.69. The molecule has 4 rings (SSSR count). The van der Waals surface area contributed by atoms with Crippen LogP contribution in [0.15, 0.2) is 42.6 Å². The molecule has 0 saturated carbocycles. The average molecular weight is 333 g/mol. The summed E-state index contributed by atoms with van der Waals surface area (Å²) in [4.78, 5) is 2.33. The lowest BCUT2D eigenvalue weighted by Gasteiger charge is -2.33. The van der Waals surface area contributed by atoms with Crippen molar-refractivity contribution >= 4 is 5.82 Å². The predicted octanol–water partition coefficient (Wildman–Crippen LogP) is 3.87. The molecule has 1 aliphatic heterocycles. The van der Waals surface area contributed by atoms with Crippen LogP contribution in [0.4, 0.5) is 5.82 Å². The second-order valence-corrected chi connectivity index (χ2v) is 6.88. The number of piperidine rings is 1. The summed E-state index contributed by atoms with van der Waals surface area (Å²) in [7, 11) is 0. The number of H-pyrrole nitrogens is 1. The first-order chi connectivity index (χ1) is 12.2. The molecule has 1 fully saturated rings. The van der Waals surface area contributed by atoms with Crippen LogP contribution in [0.25, 0.3) is 11.1 Å². The highest BCUT2D eigenvalue weighted by Gasteiger charge is 2.26. The molecule has 128 valence electrons. The van der Waals surface area contributed by atoms with Crippen molar-refractivity contribution in [2.45, 2.75) is 32.6 Å². The van der Waals surface area contributed by atoms with E-state index in [4.69, 9.17) is 0 Å². The summed E-state index contributed by atoms with van der Waals surface area (Å²) < 4.78 is 0. The minimum atomic E-state index is 0.427. The summed E-state index contributed by atoms with van der Waals surface area (Å²) in [5.74, 6) is 1.39. The van der Waals surface area contributed by atoms with Gasteiger partial charge in [0.25, 0.3) is 0 Å². The van der Waals surface area contributed by atoms with Crippen LogP contribution in [0.2, 0.25) is 0 Å². The van der Waals surface area contributed by atoms with Gasteiger partial charge in [-0.15, -0.1) is 5.10 Å². The number of nitrogens with one attached hydrogen (secondary N) is 1. The summed E-state index contributed by atoms with van der Waals surface area (Å²) >= 11 is 0. The number of benzene rings is 1. The molecule has 2 aromatic heterocycles. The summed E-state index contributed by atoms with van der Waals surface area (Å²) in [6, 6.07) is 12.8. The van der Waals surface area contributed by atoms with Crippen LogP contribution in [0.3, 0.4) is 0 Å². The molecule has 3 heterocycles. The Morgan fingerprint density at radius 1 is 1.04 bits per heavy atom. The van der Waals surface area contributed by atoms with E-state index < -0.39 is 0 Å². The van der Waals surface area contributed by atoms with Gasteiger partial charge >= 0.3 is 0 Å². The van der Waals surface area contributed by atoms with Crippen LogP contribution in [0.5, 0.6) is 0 Å². The quantitative estimate of drug-likeness (QED) is 0.790. The molecule has 25 heavy (non-hydrogen) atoms. The van der Waals surface area contributed by atoms with E-state index in [9.17, 15) is 0 Å². The maximum absolute atomic E-state index is 4.36. The minimum Gasteiger partial charge on any atom is -0.354 e. The van der Waals surface area contributed by atoms with Gasteiger partial charge in [0, 0.05) is 30.3 Å². The molecule has 5 nitrogen and oxygen atoms in total. The van der Waals surface area contributed by atoms with E-state index in [-0.39, 0.29) is 0 Å². The fraction of sp³-hybridized carbons (Fsp3) is 0.350. The molecule has 0 unspecified atom stereocenters. The third-order valence-corrected chi connectivity index (χ3v) is 4.97. The van der Waals surface area contributed by atoms with E-state index in [2.05, 4.69) is 62.6 Å². The van der Waals surface area contributed by atoms with Crippen molar-refractivity contribution in [2.75, 3.05) is 18.0 Å². The number of aromatic nitrogens is 4. The monoisotopic (exact) mass is 333 g/mol. The Morgan fingerprint density at radius 2 is 1.88 bits per heavy atom. The Kier molecular flexibility index (Phi) is 4.22. The van der Waals surface area contributed by atoms with Crippen LogP contribution < -0.4 is 4.90 Å². The molecule has 1 saturated heterocycles. The minimum absolute atomic E-state index is 0.427. The first-order valence-corrected chi connectivity index (χ1v) is 8.86. The Bertz CT molecular complexity index is 835. The van der Waals surface area contributed by atoms with Crippen molar-refractivity contribution < 1.29 is 0 Å². The summed E-state index contributed by atoms with van der Waals surface area (Å²) in [5.41, 5.74) is 5.89. The zero-order valence-electron chi connectivity index (χ0n) is 14.7. The fourth-order valence-electron chi connectivity index (χ4n) is 3.55. The first kappa shape index (κ1) is 15.8. The fourth-order valence-corrected chi connectivity index (χ4v) is 3.55. The summed E-state index contributed by atoms with van der Waals surface area (Å²) in [6.07, 6.45) is 4.26. The van der Waals surface area contributed by atoms with Gasteiger partial charge in [0.15, 0.2) is 5.82 Å². The Morgan fingerprint density at radius 3 is 2.64 bits per heavy atom. The van der Waals surface area contributed by atoms with E-state index >= 15 is 0 Å². The van der Waals surface area contributed by atoms with Crippen LogP contribution >= 0.6 is 0 Å². The molecule has 1 N–H and O–H groups in total. The molecular weight excluding hydrogens is 310 g/mol. The highest BCUT2D eigenvalue weighted by molar-refractivity contribution is 5.66. The highest BCUT2D eigenvalue weighted by Crippen LogP contribution is 2.34. The van der Waals surface area contributed by atoms with Gasteiger partial charge in [-0.1, -0.05) is 29.8 Å². The normalized spacial score (nSPS) is 17.7. The number of rotatable bonds is 3. The number of hydrogen-bond acceptors (Lipinski definition) is 4. The molecule has 1 atom stereocenters. The molecule has 0 radical (unpaired) electrons. The van der Waals surface area contributed by atoms with Crippen molar-refractivity contribution in [3.63, 3.8) is 0 Å². The van der Waals surface area contributed by atoms with Gasteiger partial charge in [0.05, 0.1) is 11.9 Å². The largest absolute Gasteiger partial charge is 0.354 e. The second-order valence-electron chi connectivity index (χ2n) is 6.88. The molecule has 0 spiro atoms. The van der Waals surface area contributed by atoms with Gasteiger partial charge in [0.2, 0.25) is 0 Å². The van der Waals surface area contributed by atoms with Crippen molar-refractivity contribution in [1.82, 2.24) is 20.4 Å². The van der Waals surface area contributed by atoms with E-state index in [0.29, 0.717) is 5.92 Å².